The largest absolute Gasteiger partial charge is 0.468 e. The first-order chi connectivity index (χ1) is 6.24. The molecule has 0 radical (unpaired) electrons. The van der Waals surface area contributed by atoms with Gasteiger partial charge in [0.15, 0.2) is 0 Å². The fraction of sp³-hybridized carbons (Fsp3) is 0.889. The molecule has 0 aromatic carbocycles. The third kappa shape index (κ3) is 87.4. The second-order valence-electron chi connectivity index (χ2n) is 1.94. The summed E-state index contributed by atoms with van der Waals surface area (Å²) in [6.45, 7) is 6.99. The van der Waals surface area contributed by atoms with Crippen LogP contribution in [0.1, 0.15) is 33.6 Å². The van der Waals surface area contributed by atoms with Crippen molar-refractivity contribution in [2.75, 3.05) is 19.8 Å². The molecule has 2 N–H and O–H groups in total. The number of ether oxygens (including phenoxy) is 1. The maximum absolute atomic E-state index is 9.18. The van der Waals surface area contributed by atoms with Crippen molar-refractivity contribution in [3.63, 3.8) is 0 Å². The molecule has 0 spiro atoms. The van der Waals surface area contributed by atoms with E-state index in [2.05, 4.69) is 11.7 Å². The van der Waals surface area contributed by atoms with Crippen molar-refractivity contribution in [3.8, 4) is 0 Å². The summed E-state index contributed by atoms with van der Waals surface area (Å²) in [4.78, 5) is 9.18. The van der Waals surface area contributed by atoms with E-state index >= 15 is 0 Å². The van der Waals surface area contributed by atoms with Gasteiger partial charge in [0.05, 0.1) is 6.61 Å². The molecule has 0 aliphatic rings. The first kappa shape index (κ1) is 18.2. The maximum Gasteiger partial charge on any atom is 0.293 e. The summed E-state index contributed by atoms with van der Waals surface area (Å²) in [7, 11) is 0. The number of hydrogen-bond donors (Lipinski definition) is 2. The van der Waals surface area contributed by atoms with Crippen LogP contribution in [0.3, 0.4) is 0 Å². The average molecular weight is 194 g/mol. The Labute approximate surface area is 80.5 Å². The molecule has 0 aromatic heterocycles. The van der Waals surface area contributed by atoms with Crippen molar-refractivity contribution < 1.29 is 19.7 Å². The molecular weight excluding hydrogens is 172 g/mol. The summed E-state index contributed by atoms with van der Waals surface area (Å²) < 4.78 is 4.15. The van der Waals surface area contributed by atoms with Crippen LogP contribution in [0, 0.1) is 0 Å². The van der Waals surface area contributed by atoms with Gasteiger partial charge in [-0.15, -0.1) is 0 Å². The van der Waals surface area contributed by atoms with Gasteiger partial charge in [-0.1, -0.05) is 13.3 Å². The fourth-order valence-corrected chi connectivity index (χ4v) is 0.226. The standard InChI is InChI=1S/C4H10O.C3H6O2.C2H6O/c1-2-3-4-5;1-2-5-3-4;1-2-3/h5H,2-4H2,1H3;3H,2H2,1H3;3H,2H2,1H3. The van der Waals surface area contributed by atoms with Crippen LogP contribution in [-0.2, 0) is 9.53 Å². The van der Waals surface area contributed by atoms with Crippen molar-refractivity contribution in [1.82, 2.24) is 0 Å². The molecule has 0 heterocycles. The average Bonchev–Trinajstić information content (AvgIpc) is 2.09. The van der Waals surface area contributed by atoms with Crippen molar-refractivity contribution in [2.24, 2.45) is 0 Å². The Balaban J connectivity index is -0.000000120. The zero-order chi connectivity index (χ0) is 10.9. The van der Waals surface area contributed by atoms with Crippen molar-refractivity contribution in [3.05, 3.63) is 0 Å². The van der Waals surface area contributed by atoms with E-state index in [0.717, 1.165) is 12.8 Å². The number of aliphatic hydroxyl groups excluding tert-OH is 2. The van der Waals surface area contributed by atoms with Crippen LogP contribution in [-0.4, -0.2) is 36.5 Å². The topological polar surface area (TPSA) is 66.8 Å². The Bertz CT molecular complexity index is 64.6. The Morgan fingerprint density at radius 3 is 1.69 bits per heavy atom. The molecule has 0 unspecified atom stereocenters. The summed E-state index contributed by atoms with van der Waals surface area (Å²) in [6, 6.07) is 0. The predicted octanol–water partition coefficient (Wildman–Crippen LogP) is 0.957. The molecule has 82 valence electrons. The molecule has 0 aromatic rings. The van der Waals surface area contributed by atoms with E-state index in [4.69, 9.17) is 10.2 Å². The van der Waals surface area contributed by atoms with E-state index in [1.165, 1.54) is 0 Å². The van der Waals surface area contributed by atoms with Crippen molar-refractivity contribution in [2.45, 2.75) is 33.6 Å². The molecule has 0 bridgehead atoms. The third-order valence-electron chi connectivity index (χ3n) is 0.746. The summed E-state index contributed by atoms with van der Waals surface area (Å²) in [5, 5.41) is 15.6. The monoisotopic (exact) mass is 194 g/mol. The minimum Gasteiger partial charge on any atom is -0.468 e. The zero-order valence-electron chi connectivity index (χ0n) is 8.82. The number of hydrogen-bond acceptors (Lipinski definition) is 4. The van der Waals surface area contributed by atoms with E-state index in [1.54, 1.807) is 13.8 Å². The Morgan fingerprint density at radius 1 is 1.23 bits per heavy atom. The van der Waals surface area contributed by atoms with Crippen LogP contribution in [0.5, 0.6) is 0 Å². The molecule has 0 rings (SSSR count). The van der Waals surface area contributed by atoms with Crippen LogP contribution in [0.2, 0.25) is 0 Å². The lowest BCUT2D eigenvalue weighted by molar-refractivity contribution is -0.128. The Hall–Kier alpha value is -0.610. The maximum atomic E-state index is 9.18. The SMILES string of the molecule is CCCCO.CCO.CCOC=O. The molecule has 0 aliphatic carbocycles. The van der Waals surface area contributed by atoms with E-state index in [0.29, 0.717) is 19.7 Å². The first-order valence-electron chi connectivity index (χ1n) is 4.51. The summed E-state index contributed by atoms with van der Waals surface area (Å²) >= 11 is 0. The van der Waals surface area contributed by atoms with Gasteiger partial charge in [-0.05, 0) is 20.3 Å². The van der Waals surface area contributed by atoms with Crippen LogP contribution >= 0.6 is 0 Å². The van der Waals surface area contributed by atoms with Gasteiger partial charge in [-0.2, -0.15) is 0 Å². The Morgan fingerprint density at radius 2 is 1.69 bits per heavy atom. The summed E-state index contributed by atoms with van der Waals surface area (Å²) in [5.74, 6) is 0. The van der Waals surface area contributed by atoms with Gasteiger partial charge >= 0.3 is 0 Å². The molecule has 13 heavy (non-hydrogen) atoms. The molecule has 4 heteroatoms. The second kappa shape index (κ2) is 30.1. The molecule has 0 atom stereocenters. The zero-order valence-corrected chi connectivity index (χ0v) is 8.82. The van der Waals surface area contributed by atoms with Gasteiger partial charge in [0.1, 0.15) is 0 Å². The molecule has 0 aliphatic heterocycles. The van der Waals surface area contributed by atoms with Crippen molar-refractivity contribution >= 4 is 6.47 Å². The van der Waals surface area contributed by atoms with Crippen LogP contribution in [0.25, 0.3) is 0 Å². The van der Waals surface area contributed by atoms with Gasteiger partial charge in [0, 0.05) is 13.2 Å². The summed E-state index contributed by atoms with van der Waals surface area (Å²) in [6.07, 6.45) is 2.04. The normalized spacial score (nSPS) is 7.15. The lowest BCUT2D eigenvalue weighted by atomic mass is 10.4. The molecule has 0 saturated carbocycles. The van der Waals surface area contributed by atoms with Crippen molar-refractivity contribution in [1.29, 1.82) is 0 Å². The highest BCUT2D eigenvalue weighted by atomic mass is 16.5. The van der Waals surface area contributed by atoms with Gasteiger partial charge in [0.25, 0.3) is 6.47 Å². The first-order valence-corrected chi connectivity index (χ1v) is 4.51. The Kier molecular flexibility index (Phi) is 42.2. The minimum atomic E-state index is 0.250. The molecule has 0 saturated heterocycles. The smallest absolute Gasteiger partial charge is 0.293 e. The second-order valence-corrected chi connectivity index (χ2v) is 1.94. The van der Waals surface area contributed by atoms with Gasteiger partial charge < -0.3 is 14.9 Å². The minimum absolute atomic E-state index is 0.250. The number of unbranched alkanes of at least 4 members (excludes halogenated alkanes) is 1. The fourth-order valence-electron chi connectivity index (χ4n) is 0.226. The molecule has 0 amide bonds. The highest BCUT2D eigenvalue weighted by molar-refractivity contribution is 5.36. The number of aliphatic hydroxyl groups is 2. The molecule has 0 fully saturated rings. The predicted molar refractivity (Wildman–Crippen MR) is 52.4 cm³/mol. The van der Waals surface area contributed by atoms with E-state index in [9.17, 15) is 4.79 Å². The quantitative estimate of drug-likeness (QED) is 0.654. The molecule has 4 nitrogen and oxygen atoms in total. The van der Waals surface area contributed by atoms with Crippen LogP contribution in [0.15, 0.2) is 0 Å². The number of rotatable bonds is 4. The molecular formula is C9H22O4. The lowest BCUT2D eigenvalue weighted by Gasteiger charge is -1.79. The number of carbonyl (C=O) groups is 1. The van der Waals surface area contributed by atoms with Crippen LogP contribution in [0.4, 0.5) is 0 Å². The highest BCUT2D eigenvalue weighted by Crippen LogP contribution is 1.78. The van der Waals surface area contributed by atoms with Gasteiger partial charge in [-0.25, -0.2) is 0 Å². The lowest BCUT2D eigenvalue weighted by Crippen LogP contribution is -1.80. The van der Waals surface area contributed by atoms with Gasteiger partial charge in [0.2, 0.25) is 0 Å². The van der Waals surface area contributed by atoms with E-state index in [1.807, 2.05) is 0 Å². The highest BCUT2D eigenvalue weighted by Gasteiger charge is 1.69. The number of carbonyl (C=O) groups excluding carboxylic acids is 1. The van der Waals surface area contributed by atoms with E-state index in [-0.39, 0.29) is 6.61 Å². The van der Waals surface area contributed by atoms with Crippen LogP contribution < -0.4 is 0 Å². The summed E-state index contributed by atoms with van der Waals surface area (Å²) in [5.41, 5.74) is 0. The van der Waals surface area contributed by atoms with Gasteiger partial charge in [-0.3, -0.25) is 4.79 Å². The van der Waals surface area contributed by atoms with E-state index < -0.39 is 0 Å². The third-order valence-corrected chi connectivity index (χ3v) is 0.746.